The van der Waals surface area contributed by atoms with Crippen LogP contribution in [-0.4, -0.2) is 26.0 Å². The van der Waals surface area contributed by atoms with Gasteiger partial charge >= 0.3 is 0 Å². The summed E-state index contributed by atoms with van der Waals surface area (Å²) in [4.78, 5) is 13.3. The molecule has 0 fully saturated rings. The van der Waals surface area contributed by atoms with Crippen molar-refractivity contribution in [2.45, 2.75) is 23.1 Å². The van der Waals surface area contributed by atoms with E-state index >= 15 is 0 Å². The number of carbonyl (C=O) groups excluding carboxylic acids is 1. The molecule has 2 heterocycles. The monoisotopic (exact) mass is 495 g/mol. The highest BCUT2D eigenvalue weighted by Crippen LogP contribution is 2.38. The molecule has 0 spiro atoms. The second kappa shape index (κ2) is 9.74. The Morgan fingerprint density at radius 1 is 1.06 bits per heavy atom. The molecular formula is C24H19ClFN5O2S. The number of hydrogen-bond acceptors (Lipinski definition) is 6. The van der Waals surface area contributed by atoms with Crippen molar-refractivity contribution in [1.29, 1.82) is 0 Å². The zero-order valence-corrected chi connectivity index (χ0v) is 19.3. The fourth-order valence-corrected chi connectivity index (χ4v) is 4.83. The average molecular weight is 496 g/mol. The van der Waals surface area contributed by atoms with Gasteiger partial charge in [-0.05, 0) is 42.0 Å². The SMILES string of the molecule is O=C(Nc1ccccc1Cl)[C@@H]1Sc2nnc(COc3ccccc3)n2N[C@@H]1c1ccc(F)cc1. The van der Waals surface area contributed by atoms with Gasteiger partial charge in [0.2, 0.25) is 11.1 Å². The van der Waals surface area contributed by atoms with E-state index in [1.807, 2.05) is 30.3 Å². The largest absolute Gasteiger partial charge is 0.486 e. The molecule has 0 unspecified atom stereocenters. The Kier molecular flexibility index (Phi) is 6.37. The third-order valence-electron chi connectivity index (χ3n) is 5.23. The van der Waals surface area contributed by atoms with Crippen LogP contribution in [0.5, 0.6) is 5.75 Å². The Bertz CT molecular complexity index is 1300. The molecule has 1 aliphatic rings. The molecule has 2 atom stereocenters. The van der Waals surface area contributed by atoms with Gasteiger partial charge in [-0.1, -0.05) is 65.8 Å². The summed E-state index contributed by atoms with van der Waals surface area (Å²) in [5.74, 6) is 0.626. The maximum Gasteiger partial charge on any atom is 0.240 e. The second-order valence-corrected chi connectivity index (χ2v) is 9.02. The van der Waals surface area contributed by atoms with E-state index in [0.29, 0.717) is 27.4 Å². The van der Waals surface area contributed by atoms with Crippen LogP contribution in [-0.2, 0) is 11.4 Å². The number of para-hydroxylation sites is 2. The predicted molar refractivity (Wildman–Crippen MR) is 129 cm³/mol. The minimum absolute atomic E-state index is 0.178. The average Bonchev–Trinajstić information content (AvgIpc) is 3.26. The molecule has 1 amide bonds. The van der Waals surface area contributed by atoms with Crippen LogP contribution in [0.2, 0.25) is 5.02 Å². The molecule has 0 saturated carbocycles. The molecule has 34 heavy (non-hydrogen) atoms. The number of aromatic nitrogens is 3. The van der Waals surface area contributed by atoms with Crippen molar-refractivity contribution in [3.8, 4) is 5.75 Å². The van der Waals surface area contributed by atoms with Gasteiger partial charge < -0.3 is 15.5 Å². The Labute approximate surface area is 204 Å². The van der Waals surface area contributed by atoms with E-state index in [2.05, 4.69) is 20.9 Å². The smallest absolute Gasteiger partial charge is 0.240 e. The number of halogens is 2. The van der Waals surface area contributed by atoms with Gasteiger partial charge in [-0.25, -0.2) is 9.07 Å². The number of fused-ring (bicyclic) bond motifs is 1. The molecule has 2 N–H and O–H groups in total. The first-order chi connectivity index (χ1) is 16.6. The number of anilines is 1. The molecule has 172 valence electrons. The fraction of sp³-hybridized carbons (Fsp3) is 0.125. The Morgan fingerprint density at radius 3 is 2.56 bits per heavy atom. The first kappa shape index (κ1) is 22.2. The minimum atomic E-state index is -0.624. The van der Waals surface area contributed by atoms with Gasteiger partial charge in [0.05, 0.1) is 16.8 Å². The third kappa shape index (κ3) is 4.71. The molecule has 0 aliphatic carbocycles. The van der Waals surface area contributed by atoms with Crippen molar-refractivity contribution in [3.63, 3.8) is 0 Å². The molecule has 4 aromatic rings. The molecule has 3 aromatic carbocycles. The molecule has 10 heteroatoms. The van der Waals surface area contributed by atoms with Crippen molar-refractivity contribution in [2.75, 3.05) is 10.7 Å². The summed E-state index contributed by atoms with van der Waals surface area (Å²) in [6, 6.07) is 21.9. The van der Waals surface area contributed by atoms with Crippen molar-refractivity contribution in [2.24, 2.45) is 0 Å². The summed E-state index contributed by atoms with van der Waals surface area (Å²) in [6.07, 6.45) is 0. The van der Waals surface area contributed by atoms with Crippen LogP contribution in [0.15, 0.2) is 84.0 Å². The first-order valence-corrected chi connectivity index (χ1v) is 11.7. The summed E-state index contributed by atoms with van der Waals surface area (Å²) < 4.78 is 21.1. The van der Waals surface area contributed by atoms with Gasteiger partial charge in [0.25, 0.3) is 0 Å². The van der Waals surface area contributed by atoms with Crippen molar-refractivity contribution in [3.05, 3.63) is 101 Å². The quantitative estimate of drug-likeness (QED) is 0.390. The summed E-state index contributed by atoms with van der Waals surface area (Å²) in [5.41, 5.74) is 4.57. The zero-order chi connectivity index (χ0) is 23.5. The van der Waals surface area contributed by atoms with E-state index in [4.69, 9.17) is 16.3 Å². The van der Waals surface area contributed by atoms with Crippen LogP contribution in [0.25, 0.3) is 0 Å². The van der Waals surface area contributed by atoms with Crippen molar-refractivity contribution >= 4 is 35.0 Å². The van der Waals surface area contributed by atoms with E-state index < -0.39 is 11.3 Å². The fourth-order valence-electron chi connectivity index (χ4n) is 3.54. The second-order valence-electron chi connectivity index (χ2n) is 7.50. The highest BCUT2D eigenvalue weighted by molar-refractivity contribution is 8.00. The van der Waals surface area contributed by atoms with Gasteiger partial charge in [0.1, 0.15) is 23.4 Å². The number of benzene rings is 3. The number of nitrogens with one attached hydrogen (secondary N) is 2. The topological polar surface area (TPSA) is 81.1 Å². The Morgan fingerprint density at radius 2 is 1.79 bits per heavy atom. The third-order valence-corrected chi connectivity index (χ3v) is 6.78. The van der Waals surface area contributed by atoms with Crippen LogP contribution in [0.3, 0.4) is 0 Å². The highest BCUT2D eigenvalue weighted by atomic mass is 35.5. The van der Waals surface area contributed by atoms with Crippen LogP contribution in [0.1, 0.15) is 17.4 Å². The molecule has 0 saturated heterocycles. The van der Waals surface area contributed by atoms with Crippen molar-refractivity contribution in [1.82, 2.24) is 14.9 Å². The number of hydrogen-bond donors (Lipinski definition) is 2. The molecular weight excluding hydrogens is 477 g/mol. The van der Waals surface area contributed by atoms with E-state index in [-0.39, 0.29) is 18.3 Å². The van der Waals surface area contributed by atoms with E-state index in [9.17, 15) is 9.18 Å². The lowest BCUT2D eigenvalue weighted by atomic mass is 10.0. The van der Waals surface area contributed by atoms with Gasteiger partial charge in [-0.15, -0.1) is 10.2 Å². The van der Waals surface area contributed by atoms with Gasteiger partial charge in [0, 0.05) is 0 Å². The normalized spacial score (nSPS) is 16.9. The standard InChI is InChI=1S/C24H19ClFN5O2S/c25-18-8-4-5-9-19(18)27-23(32)22-21(15-10-12-16(26)13-11-15)30-31-20(28-29-24(31)34-22)14-33-17-6-2-1-3-7-17/h1-13,21-22,30H,14H2,(H,27,32)/t21-,22-/m1/s1. The van der Waals surface area contributed by atoms with Crippen LogP contribution >= 0.6 is 23.4 Å². The number of amides is 1. The van der Waals surface area contributed by atoms with Crippen molar-refractivity contribution < 1.29 is 13.9 Å². The molecule has 5 rings (SSSR count). The van der Waals surface area contributed by atoms with Crippen LogP contribution in [0, 0.1) is 5.82 Å². The number of carbonyl (C=O) groups is 1. The highest BCUT2D eigenvalue weighted by Gasteiger charge is 2.38. The summed E-state index contributed by atoms with van der Waals surface area (Å²) in [5, 5.41) is 11.7. The summed E-state index contributed by atoms with van der Waals surface area (Å²) >= 11 is 7.49. The molecule has 1 aliphatic heterocycles. The van der Waals surface area contributed by atoms with Gasteiger partial charge in [0.15, 0.2) is 5.82 Å². The van der Waals surface area contributed by atoms with Crippen LogP contribution in [0.4, 0.5) is 10.1 Å². The van der Waals surface area contributed by atoms with E-state index in [0.717, 1.165) is 5.56 Å². The minimum Gasteiger partial charge on any atom is -0.486 e. The maximum atomic E-state index is 13.6. The lowest BCUT2D eigenvalue weighted by Gasteiger charge is -2.33. The number of ether oxygens (including phenoxy) is 1. The predicted octanol–water partition coefficient (Wildman–Crippen LogP) is 5.05. The lowest BCUT2D eigenvalue weighted by molar-refractivity contribution is -0.116. The number of nitrogens with zero attached hydrogens (tertiary/aromatic N) is 3. The van der Waals surface area contributed by atoms with Crippen LogP contribution < -0.4 is 15.5 Å². The lowest BCUT2D eigenvalue weighted by Crippen LogP contribution is -2.41. The summed E-state index contributed by atoms with van der Waals surface area (Å²) in [6.45, 7) is 0.178. The molecule has 0 radical (unpaired) electrons. The molecule has 7 nitrogen and oxygen atoms in total. The van der Waals surface area contributed by atoms with E-state index in [1.54, 1.807) is 41.1 Å². The Balaban J connectivity index is 1.43. The molecule has 1 aromatic heterocycles. The zero-order valence-electron chi connectivity index (χ0n) is 17.7. The first-order valence-electron chi connectivity index (χ1n) is 10.4. The number of rotatable bonds is 6. The van der Waals surface area contributed by atoms with Gasteiger partial charge in [-0.2, -0.15) is 0 Å². The molecule has 0 bridgehead atoms. The number of thioether (sulfide) groups is 1. The van der Waals surface area contributed by atoms with E-state index in [1.165, 1.54) is 23.9 Å². The Hall–Kier alpha value is -3.56. The maximum absolute atomic E-state index is 13.6. The summed E-state index contributed by atoms with van der Waals surface area (Å²) in [7, 11) is 0. The van der Waals surface area contributed by atoms with Gasteiger partial charge in [-0.3, -0.25) is 4.79 Å².